The van der Waals surface area contributed by atoms with E-state index in [1.807, 2.05) is 12.1 Å². The molecule has 1 aromatic heterocycles. The van der Waals surface area contributed by atoms with E-state index < -0.39 is 0 Å². The Morgan fingerprint density at radius 1 is 1.00 bits per heavy atom. The Morgan fingerprint density at radius 2 is 1.64 bits per heavy atom. The molecule has 2 heterocycles. The van der Waals surface area contributed by atoms with Crippen LogP contribution in [0.4, 0.5) is 0 Å². The van der Waals surface area contributed by atoms with E-state index in [9.17, 15) is 14.4 Å². The number of rotatable bonds is 9. The molecular formula is C24H30N4O5. The molecule has 3 rings (SSSR count). The van der Waals surface area contributed by atoms with Crippen molar-refractivity contribution in [3.63, 3.8) is 0 Å². The normalized spacial score (nSPS) is 13.8. The molecule has 33 heavy (non-hydrogen) atoms. The number of methoxy groups -OCH3 is 2. The topological polar surface area (TPSA) is 110 Å². The summed E-state index contributed by atoms with van der Waals surface area (Å²) in [5.74, 6) is 0.618. The van der Waals surface area contributed by atoms with E-state index in [2.05, 4.69) is 15.6 Å². The van der Waals surface area contributed by atoms with Gasteiger partial charge >= 0.3 is 0 Å². The van der Waals surface area contributed by atoms with Crippen LogP contribution < -0.4 is 20.1 Å². The summed E-state index contributed by atoms with van der Waals surface area (Å²) in [5.41, 5.74) is 1.46. The summed E-state index contributed by atoms with van der Waals surface area (Å²) >= 11 is 0. The number of carbonyl (C=O) groups excluding carboxylic acids is 3. The van der Waals surface area contributed by atoms with E-state index in [-0.39, 0.29) is 36.6 Å². The highest BCUT2D eigenvalue weighted by Gasteiger charge is 2.28. The quantitative estimate of drug-likeness (QED) is 0.598. The number of ether oxygens (including phenoxy) is 2. The Kier molecular flexibility index (Phi) is 8.63. The van der Waals surface area contributed by atoms with Crippen molar-refractivity contribution in [1.29, 1.82) is 0 Å². The van der Waals surface area contributed by atoms with Crippen molar-refractivity contribution in [2.24, 2.45) is 5.92 Å². The van der Waals surface area contributed by atoms with E-state index in [0.29, 0.717) is 49.5 Å². The minimum atomic E-state index is -0.172. The van der Waals surface area contributed by atoms with Gasteiger partial charge in [0.2, 0.25) is 11.8 Å². The van der Waals surface area contributed by atoms with Gasteiger partial charge in [-0.05, 0) is 42.7 Å². The Bertz CT molecular complexity index is 936. The first-order chi connectivity index (χ1) is 16.0. The summed E-state index contributed by atoms with van der Waals surface area (Å²) in [6, 6.07) is 8.76. The maximum Gasteiger partial charge on any atom is 0.254 e. The highest BCUT2D eigenvalue weighted by molar-refractivity contribution is 5.95. The van der Waals surface area contributed by atoms with Crippen molar-refractivity contribution in [3.8, 4) is 11.5 Å². The first kappa shape index (κ1) is 24.0. The van der Waals surface area contributed by atoms with Gasteiger partial charge < -0.3 is 25.0 Å². The van der Waals surface area contributed by atoms with Crippen LogP contribution in [0.25, 0.3) is 0 Å². The van der Waals surface area contributed by atoms with Gasteiger partial charge in [-0.15, -0.1) is 0 Å². The standard InChI is InChI=1S/C24H30N4O5/c1-32-20-13-19(14-21(15-20)33-2)24(31)28-11-6-18(7-12-28)23(30)26-10-5-22(29)27-16-17-3-8-25-9-4-17/h3-4,8-9,13-15,18H,5-7,10-12,16H2,1-2H3,(H,26,30)(H,27,29). The van der Waals surface area contributed by atoms with Crippen LogP contribution in [0.3, 0.4) is 0 Å². The average Bonchev–Trinajstić information content (AvgIpc) is 2.87. The molecule has 1 fully saturated rings. The van der Waals surface area contributed by atoms with Gasteiger partial charge in [0, 0.05) is 62.5 Å². The third-order valence-electron chi connectivity index (χ3n) is 5.64. The van der Waals surface area contributed by atoms with Crippen LogP contribution >= 0.6 is 0 Å². The highest BCUT2D eigenvalue weighted by Crippen LogP contribution is 2.25. The predicted octanol–water partition coefficient (Wildman–Crippen LogP) is 1.77. The molecule has 0 saturated carbocycles. The summed E-state index contributed by atoms with van der Waals surface area (Å²) in [6.45, 7) is 1.69. The number of amides is 3. The van der Waals surface area contributed by atoms with Crippen molar-refractivity contribution in [3.05, 3.63) is 53.9 Å². The van der Waals surface area contributed by atoms with Crippen molar-refractivity contribution < 1.29 is 23.9 Å². The number of hydrogen-bond acceptors (Lipinski definition) is 6. The summed E-state index contributed by atoms with van der Waals surface area (Å²) in [6.07, 6.45) is 4.72. The van der Waals surface area contributed by atoms with Crippen LogP contribution in [0.2, 0.25) is 0 Å². The molecule has 0 aliphatic carbocycles. The van der Waals surface area contributed by atoms with Crippen molar-refractivity contribution in [2.45, 2.75) is 25.8 Å². The first-order valence-corrected chi connectivity index (χ1v) is 11.0. The van der Waals surface area contributed by atoms with Crippen LogP contribution in [0.15, 0.2) is 42.7 Å². The molecule has 0 bridgehead atoms. The number of benzene rings is 1. The number of aromatic nitrogens is 1. The van der Waals surface area contributed by atoms with Gasteiger partial charge in [-0.25, -0.2) is 0 Å². The van der Waals surface area contributed by atoms with E-state index in [0.717, 1.165) is 5.56 Å². The Labute approximate surface area is 193 Å². The molecule has 9 heteroatoms. The van der Waals surface area contributed by atoms with Gasteiger partial charge in [0.15, 0.2) is 0 Å². The number of likely N-dealkylation sites (tertiary alicyclic amines) is 1. The Morgan fingerprint density at radius 3 is 2.24 bits per heavy atom. The van der Waals surface area contributed by atoms with E-state index in [1.54, 1.807) is 35.5 Å². The second-order valence-electron chi connectivity index (χ2n) is 7.84. The molecule has 0 unspecified atom stereocenters. The molecule has 1 aliphatic heterocycles. The number of piperidine rings is 1. The van der Waals surface area contributed by atoms with Crippen molar-refractivity contribution >= 4 is 17.7 Å². The third kappa shape index (κ3) is 6.93. The number of nitrogens with one attached hydrogen (secondary N) is 2. The third-order valence-corrected chi connectivity index (χ3v) is 5.64. The Hall–Kier alpha value is -3.62. The number of hydrogen-bond donors (Lipinski definition) is 2. The zero-order chi connectivity index (χ0) is 23.6. The summed E-state index contributed by atoms with van der Waals surface area (Å²) < 4.78 is 10.5. The number of pyridine rings is 1. The molecule has 1 aliphatic rings. The fraction of sp³-hybridized carbons (Fsp3) is 0.417. The van der Waals surface area contributed by atoms with Gasteiger partial charge in [0.1, 0.15) is 11.5 Å². The minimum absolute atomic E-state index is 0.0768. The first-order valence-electron chi connectivity index (χ1n) is 11.0. The largest absolute Gasteiger partial charge is 0.497 e. The fourth-order valence-corrected chi connectivity index (χ4v) is 3.69. The second kappa shape index (κ2) is 11.8. The summed E-state index contributed by atoms with van der Waals surface area (Å²) in [5, 5.41) is 5.66. The number of carbonyl (C=O) groups is 3. The zero-order valence-electron chi connectivity index (χ0n) is 19.0. The molecule has 2 aromatic rings. The summed E-state index contributed by atoms with van der Waals surface area (Å²) in [4.78, 5) is 43.0. The molecule has 0 atom stereocenters. The SMILES string of the molecule is COc1cc(OC)cc(C(=O)N2CCC(C(=O)NCCC(=O)NCc3ccncc3)CC2)c1. The van der Waals surface area contributed by atoms with Crippen molar-refractivity contribution in [1.82, 2.24) is 20.5 Å². The lowest BCUT2D eigenvalue weighted by atomic mass is 9.95. The van der Waals surface area contributed by atoms with Crippen LogP contribution in [0, 0.1) is 5.92 Å². The van der Waals surface area contributed by atoms with Gasteiger partial charge in [0.25, 0.3) is 5.91 Å². The van der Waals surface area contributed by atoms with Gasteiger partial charge in [-0.2, -0.15) is 0 Å². The van der Waals surface area contributed by atoms with Crippen LogP contribution in [0.5, 0.6) is 11.5 Å². The van der Waals surface area contributed by atoms with Crippen LogP contribution in [-0.2, 0) is 16.1 Å². The maximum atomic E-state index is 12.9. The van der Waals surface area contributed by atoms with Gasteiger partial charge in [-0.1, -0.05) is 0 Å². The molecule has 1 aromatic carbocycles. The molecule has 9 nitrogen and oxygen atoms in total. The van der Waals surface area contributed by atoms with Gasteiger partial charge in [-0.3, -0.25) is 19.4 Å². The monoisotopic (exact) mass is 454 g/mol. The lowest BCUT2D eigenvalue weighted by Crippen LogP contribution is -2.43. The molecule has 176 valence electrons. The Balaban J connectivity index is 1.40. The molecular weight excluding hydrogens is 424 g/mol. The average molecular weight is 455 g/mol. The van der Waals surface area contributed by atoms with Gasteiger partial charge in [0.05, 0.1) is 14.2 Å². The predicted molar refractivity (Wildman–Crippen MR) is 122 cm³/mol. The second-order valence-corrected chi connectivity index (χ2v) is 7.84. The fourth-order valence-electron chi connectivity index (χ4n) is 3.69. The molecule has 3 amide bonds. The molecule has 0 spiro atoms. The van der Waals surface area contributed by atoms with E-state index >= 15 is 0 Å². The van der Waals surface area contributed by atoms with Crippen LogP contribution in [0.1, 0.15) is 35.2 Å². The smallest absolute Gasteiger partial charge is 0.254 e. The van der Waals surface area contributed by atoms with E-state index in [1.165, 1.54) is 14.2 Å². The lowest BCUT2D eigenvalue weighted by Gasteiger charge is -2.31. The summed E-state index contributed by atoms with van der Waals surface area (Å²) in [7, 11) is 3.08. The number of nitrogens with zero attached hydrogens (tertiary/aromatic N) is 2. The molecule has 0 radical (unpaired) electrons. The van der Waals surface area contributed by atoms with Crippen molar-refractivity contribution in [2.75, 3.05) is 33.9 Å². The zero-order valence-corrected chi connectivity index (χ0v) is 19.0. The maximum absolute atomic E-state index is 12.9. The highest BCUT2D eigenvalue weighted by atomic mass is 16.5. The van der Waals surface area contributed by atoms with Crippen LogP contribution in [-0.4, -0.2) is 61.5 Å². The van der Waals surface area contributed by atoms with E-state index in [4.69, 9.17) is 9.47 Å². The minimum Gasteiger partial charge on any atom is -0.497 e. The lowest BCUT2D eigenvalue weighted by molar-refractivity contribution is -0.126. The molecule has 2 N–H and O–H groups in total. The molecule has 1 saturated heterocycles.